The molecule has 4 unspecified atom stereocenters. The van der Waals surface area contributed by atoms with Gasteiger partial charge in [0.05, 0.1) is 12.2 Å². The van der Waals surface area contributed by atoms with Crippen LogP contribution in [0.5, 0.6) is 0 Å². The molecular weight excluding hydrogens is 236 g/mol. The van der Waals surface area contributed by atoms with Gasteiger partial charge in [-0.1, -0.05) is 26.7 Å². The van der Waals surface area contributed by atoms with E-state index in [0.29, 0.717) is 18.2 Å². The molecule has 0 bridgehead atoms. The second-order valence-corrected chi connectivity index (χ2v) is 6.44. The summed E-state index contributed by atoms with van der Waals surface area (Å²) < 4.78 is 6.02. The van der Waals surface area contributed by atoms with Gasteiger partial charge in [-0.3, -0.25) is 4.90 Å². The Hall–Kier alpha value is -0.120. The molecule has 0 aromatic rings. The first-order chi connectivity index (χ1) is 9.22. The number of piperazine rings is 1. The molecule has 0 radical (unpaired) electrons. The summed E-state index contributed by atoms with van der Waals surface area (Å²) in [5.41, 5.74) is 0. The van der Waals surface area contributed by atoms with Gasteiger partial charge in [0.15, 0.2) is 0 Å². The smallest absolute Gasteiger partial charge is 0.0706 e. The van der Waals surface area contributed by atoms with Crippen LogP contribution < -0.4 is 5.32 Å². The molecule has 0 amide bonds. The Balaban J connectivity index is 1.87. The molecule has 3 heteroatoms. The van der Waals surface area contributed by atoms with Crippen molar-refractivity contribution in [1.29, 1.82) is 0 Å². The van der Waals surface area contributed by atoms with E-state index in [2.05, 4.69) is 31.0 Å². The van der Waals surface area contributed by atoms with Crippen LogP contribution in [0, 0.1) is 0 Å². The highest BCUT2D eigenvalue weighted by Gasteiger charge is 2.31. The summed E-state index contributed by atoms with van der Waals surface area (Å²) in [6.07, 6.45) is 8.63. The van der Waals surface area contributed by atoms with Gasteiger partial charge >= 0.3 is 0 Å². The highest BCUT2D eigenvalue weighted by atomic mass is 16.5. The molecule has 0 spiro atoms. The van der Waals surface area contributed by atoms with Crippen LogP contribution >= 0.6 is 0 Å². The number of hydrogen-bond donors (Lipinski definition) is 1. The maximum Gasteiger partial charge on any atom is 0.0706 e. The lowest BCUT2D eigenvalue weighted by Gasteiger charge is -2.41. The zero-order chi connectivity index (χ0) is 13.7. The third-order valence-electron chi connectivity index (χ3n) is 4.63. The summed E-state index contributed by atoms with van der Waals surface area (Å²) in [7, 11) is 0. The van der Waals surface area contributed by atoms with E-state index in [9.17, 15) is 0 Å². The molecule has 2 heterocycles. The Morgan fingerprint density at radius 1 is 1.16 bits per heavy atom. The minimum atomic E-state index is 0.476. The molecule has 112 valence electrons. The number of ether oxygens (including phenoxy) is 1. The molecule has 4 atom stereocenters. The fraction of sp³-hybridized carbons (Fsp3) is 1.00. The van der Waals surface area contributed by atoms with Gasteiger partial charge in [-0.25, -0.2) is 0 Å². The summed E-state index contributed by atoms with van der Waals surface area (Å²) in [5, 5.41) is 3.74. The Bertz CT molecular complexity index is 259. The Morgan fingerprint density at radius 2 is 1.95 bits per heavy atom. The van der Waals surface area contributed by atoms with Gasteiger partial charge in [-0.15, -0.1) is 0 Å². The van der Waals surface area contributed by atoms with Crippen molar-refractivity contribution < 1.29 is 4.74 Å². The molecule has 2 aliphatic rings. The van der Waals surface area contributed by atoms with Crippen LogP contribution in [0.25, 0.3) is 0 Å². The Morgan fingerprint density at radius 3 is 2.58 bits per heavy atom. The summed E-state index contributed by atoms with van der Waals surface area (Å²) in [5.74, 6) is 0. The predicted octanol–water partition coefficient (Wildman–Crippen LogP) is 2.80. The molecule has 0 aliphatic carbocycles. The van der Waals surface area contributed by atoms with Crippen molar-refractivity contribution in [2.75, 3.05) is 19.6 Å². The highest BCUT2D eigenvalue weighted by Crippen LogP contribution is 2.23. The number of nitrogens with zero attached hydrogens (tertiary/aromatic N) is 1. The monoisotopic (exact) mass is 268 g/mol. The lowest BCUT2D eigenvalue weighted by Crippen LogP contribution is -2.57. The molecule has 0 aromatic carbocycles. The van der Waals surface area contributed by atoms with Crippen molar-refractivity contribution in [3.8, 4) is 0 Å². The van der Waals surface area contributed by atoms with E-state index in [1.54, 1.807) is 0 Å². The van der Waals surface area contributed by atoms with E-state index in [1.165, 1.54) is 51.6 Å². The van der Waals surface area contributed by atoms with E-state index in [0.717, 1.165) is 12.6 Å². The SMILES string of the molecule is CCCC1CN(CC2CCC(C)O2)C(CCC)CN1. The topological polar surface area (TPSA) is 24.5 Å². The molecule has 1 N–H and O–H groups in total. The fourth-order valence-corrected chi connectivity index (χ4v) is 3.59. The van der Waals surface area contributed by atoms with Crippen molar-refractivity contribution >= 4 is 0 Å². The van der Waals surface area contributed by atoms with Crippen LogP contribution in [-0.2, 0) is 4.74 Å². The van der Waals surface area contributed by atoms with E-state index in [-0.39, 0.29) is 0 Å². The molecule has 3 nitrogen and oxygen atoms in total. The van der Waals surface area contributed by atoms with Crippen LogP contribution in [0.3, 0.4) is 0 Å². The second kappa shape index (κ2) is 7.61. The van der Waals surface area contributed by atoms with Gasteiger partial charge in [-0.05, 0) is 32.6 Å². The maximum atomic E-state index is 6.02. The zero-order valence-corrected chi connectivity index (χ0v) is 13.0. The van der Waals surface area contributed by atoms with Gasteiger partial charge in [0.25, 0.3) is 0 Å². The summed E-state index contributed by atoms with van der Waals surface area (Å²) in [6.45, 7) is 10.3. The maximum absolute atomic E-state index is 6.02. The van der Waals surface area contributed by atoms with Gasteiger partial charge in [0.2, 0.25) is 0 Å². The van der Waals surface area contributed by atoms with E-state index >= 15 is 0 Å². The minimum absolute atomic E-state index is 0.476. The molecule has 2 saturated heterocycles. The summed E-state index contributed by atoms with van der Waals surface area (Å²) in [6, 6.07) is 1.41. The largest absolute Gasteiger partial charge is 0.374 e. The fourth-order valence-electron chi connectivity index (χ4n) is 3.59. The average Bonchev–Trinajstić information content (AvgIpc) is 2.79. The minimum Gasteiger partial charge on any atom is -0.374 e. The summed E-state index contributed by atoms with van der Waals surface area (Å²) >= 11 is 0. The van der Waals surface area contributed by atoms with Gasteiger partial charge in [0.1, 0.15) is 0 Å². The summed E-state index contributed by atoms with van der Waals surface area (Å²) in [4.78, 5) is 2.71. The van der Waals surface area contributed by atoms with Crippen molar-refractivity contribution in [3.63, 3.8) is 0 Å². The standard InChI is InChI=1S/C16H32N2O/c1-4-6-14-11-18(15(7-5-2)10-17-14)12-16-9-8-13(3)19-16/h13-17H,4-12H2,1-3H3. The highest BCUT2D eigenvalue weighted by molar-refractivity contribution is 4.88. The number of nitrogens with one attached hydrogen (secondary N) is 1. The lowest BCUT2D eigenvalue weighted by atomic mass is 10.0. The van der Waals surface area contributed by atoms with Crippen molar-refractivity contribution in [2.45, 2.75) is 83.6 Å². The Labute approximate surface area is 119 Å². The third kappa shape index (κ3) is 4.44. The number of rotatable bonds is 6. The molecule has 2 fully saturated rings. The van der Waals surface area contributed by atoms with Crippen LogP contribution in [-0.4, -0.2) is 48.8 Å². The molecule has 0 aromatic heterocycles. The quantitative estimate of drug-likeness (QED) is 0.801. The van der Waals surface area contributed by atoms with E-state index in [4.69, 9.17) is 4.74 Å². The van der Waals surface area contributed by atoms with Gasteiger partial charge < -0.3 is 10.1 Å². The Kier molecular flexibility index (Phi) is 6.11. The first kappa shape index (κ1) is 15.3. The third-order valence-corrected chi connectivity index (χ3v) is 4.63. The van der Waals surface area contributed by atoms with E-state index in [1.807, 2.05) is 0 Å². The normalized spacial score (nSPS) is 36.8. The molecule has 19 heavy (non-hydrogen) atoms. The molecular formula is C16H32N2O. The predicted molar refractivity (Wildman–Crippen MR) is 80.5 cm³/mol. The molecule has 2 rings (SSSR count). The second-order valence-electron chi connectivity index (χ2n) is 6.44. The van der Waals surface area contributed by atoms with Crippen LogP contribution in [0.4, 0.5) is 0 Å². The average molecular weight is 268 g/mol. The van der Waals surface area contributed by atoms with Crippen molar-refractivity contribution in [2.24, 2.45) is 0 Å². The first-order valence-electron chi connectivity index (χ1n) is 8.35. The van der Waals surface area contributed by atoms with Crippen LogP contribution in [0.1, 0.15) is 59.3 Å². The zero-order valence-electron chi connectivity index (χ0n) is 13.0. The lowest BCUT2D eigenvalue weighted by molar-refractivity contribution is 0.00873. The van der Waals surface area contributed by atoms with Gasteiger partial charge in [0, 0.05) is 31.7 Å². The number of hydrogen-bond acceptors (Lipinski definition) is 3. The molecule has 0 saturated carbocycles. The van der Waals surface area contributed by atoms with E-state index < -0.39 is 0 Å². The van der Waals surface area contributed by atoms with Crippen LogP contribution in [0.15, 0.2) is 0 Å². The van der Waals surface area contributed by atoms with Crippen molar-refractivity contribution in [3.05, 3.63) is 0 Å². The van der Waals surface area contributed by atoms with Crippen molar-refractivity contribution in [1.82, 2.24) is 10.2 Å². The van der Waals surface area contributed by atoms with Gasteiger partial charge in [-0.2, -0.15) is 0 Å². The molecule has 2 aliphatic heterocycles. The van der Waals surface area contributed by atoms with Crippen LogP contribution in [0.2, 0.25) is 0 Å². The first-order valence-corrected chi connectivity index (χ1v) is 8.35.